The third-order valence-electron chi connectivity index (χ3n) is 2.99. The highest BCUT2D eigenvalue weighted by Crippen LogP contribution is 2.32. The maximum Gasteiger partial charge on any atom is 0.221 e. The van der Waals surface area contributed by atoms with E-state index in [0.717, 1.165) is 11.3 Å². The molecule has 1 aromatic carbocycles. The molecule has 3 nitrogen and oxygen atoms in total. The van der Waals surface area contributed by atoms with E-state index in [-0.39, 0.29) is 0 Å². The van der Waals surface area contributed by atoms with Gasteiger partial charge >= 0.3 is 0 Å². The maximum absolute atomic E-state index is 5.56. The minimum absolute atomic E-state index is 0.645. The van der Waals surface area contributed by atoms with E-state index < -0.39 is 0 Å². The van der Waals surface area contributed by atoms with Crippen LogP contribution in [0.4, 0.5) is 5.69 Å². The summed E-state index contributed by atoms with van der Waals surface area (Å²) < 4.78 is 5.56. The van der Waals surface area contributed by atoms with Gasteiger partial charge in [-0.3, -0.25) is 0 Å². The maximum atomic E-state index is 5.56. The normalized spacial score (nSPS) is 14.9. The molecule has 1 saturated carbocycles. The summed E-state index contributed by atoms with van der Waals surface area (Å²) in [6.45, 7) is 2.62. The molecule has 3 rings (SSSR count). The standard InChI is InChI=1S/C14H16N2O/c1-2-17-14-12-4-3-5-13(16-10-6-7-10)11(12)8-9-15-14/h3-5,8-10,16H,2,6-7H2,1H3. The Labute approximate surface area is 101 Å². The monoisotopic (exact) mass is 228 g/mol. The summed E-state index contributed by atoms with van der Waals surface area (Å²) in [5.41, 5.74) is 1.19. The number of anilines is 1. The van der Waals surface area contributed by atoms with Crippen molar-refractivity contribution in [2.75, 3.05) is 11.9 Å². The van der Waals surface area contributed by atoms with Crippen LogP contribution in [-0.4, -0.2) is 17.6 Å². The molecule has 1 aliphatic carbocycles. The van der Waals surface area contributed by atoms with Gasteiger partial charge in [0.05, 0.1) is 6.61 Å². The summed E-state index contributed by atoms with van der Waals surface area (Å²) in [4.78, 5) is 4.28. The van der Waals surface area contributed by atoms with Crippen LogP contribution in [0, 0.1) is 0 Å². The van der Waals surface area contributed by atoms with Crippen LogP contribution in [-0.2, 0) is 0 Å². The molecule has 0 atom stereocenters. The van der Waals surface area contributed by atoms with Gasteiger partial charge in [0, 0.05) is 28.7 Å². The molecule has 17 heavy (non-hydrogen) atoms. The van der Waals surface area contributed by atoms with Crippen LogP contribution in [0.25, 0.3) is 10.8 Å². The van der Waals surface area contributed by atoms with Crippen LogP contribution in [0.1, 0.15) is 19.8 Å². The molecule has 0 unspecified atom stereocenters. The summed E-state index contributed by atoms with van der Waals surface area (Å²) in [5.74, 6) is 0.726. The van der Waals surface area contributed by atoms with Gasteiger partial charge in [0.15, 0.2) is 0 Å². The molecule has 0 spiro atoms. The van der Waals surface area contributed by atoms with E-state index in [9.17, 15) is 0 Å². The van der Waals surface area contributed by atoms with Crippen molar-refractivity contribution < 1.29 is 4.74 Å². The molecule has 0 amide bonds. The van der Waals surface area contributed by atoms with Crippen LogP contribution in [0.2, 0.25) is 0 Å². The Kier molecular flexibility index (Phi) is 2.59. The van der Waals surface area contributed by atoms with Gasteiger partial charge in [-0.2, -0.15) is 0 Å². The van der Waals surface area contributed by atoms with Gasteiger partial charge in [0.1, 0.15) is 0 Å². The second kappa shape index (κ2) is 4.24. The lowest BCUT2D eigenvalue weighted by Gasteiger charge is -2.11. The van der Waals surface area contributed by atoms with Crippen molar-refractivity contribution in [3.63, 3.8) is 0 Å². The highest BCUT2D eigenvalue weighted by atomic mass is 16.5. The lowest BCUT2D eigenvalue weighted by Crippen LogP contribution is -2.02. The van der Waals surface area contributed by atoms with E-state index in [0.29, 0.717) is 12.6 Å². The van der Waals surface area contributed by atoms with Crippen molar-refractivity contribution in [1.82, 2.24) is 4.98 Å². The zero-order valence-corrected chi connectivity index (χ0v) is 9.94. The summed E-state index contributed by atoms with van der Waals surface area (Å²) >= 11 is 0. The lowest BCUT2D eigenvalue weighted by molar-refractivity contribution is 0.331. The molecule has 3 heteroatoms. The third kappa shape index (κ3) is 2.05. The third-order valence-corrected chi connectivity index (χ3v) is 2.99. The summed E-state index contributed by atoms with van der Waals surface area (Å²) in [5, 5.41) is 5.82. The number of hydrogen-bond donors (Lipinski definition) is 1. The van der Waals surface area contributed by atoms with Gasteiger partial charge < -0.3 is 10.1 Å². The fourth-order valence-corrected chi connectivity index (χ4v) is 2.01. The zero-order chi connectivity index (χ0) is 11.7. The molecule has 0 bridgehead atoms. The topological polar surface area (TPSA) is 34.1 Å². The molecule has 88 valence electrons. The highest BCUT2D eigenvalue weighted by Gasteiger charge is 2.21. The fourth-order valence-electron chi connectivity index (χ4n) is 2.01. The number of nitrogens with one attached hydrogen (secondary N) is 1. The highest BCUT2D eigenvalue weighted by molar-refractivity contribution is 5.96. The number of nitrogens with zero attached hydrogens (tertiary/aromatic N) is 1. The molecule has 1 N–H and O–H groups in total. The minimum atomic E-state index is 0.645. The second-order valence-electron chi connectivity index (χ2n) is 4.37. The van der Waals surface area contributed by atoms with Crippen LogP contribution < -0.4 is 10.1 Å². The quantitative estimate of drug-likeness (QED) is 0.872. The molecular weight excluding hydrogens is 212 g/mol. The number of fused-ring (bicyclic) bond motifs is 1. The van der Waals surface area contributed by atoms with Crippen molar-refractivity contribution >= 4 is 16.5 Å². The van der Waals surface area contributed by atoms with Crippen LogP contribution >= 0.6 is 0 Å². The van der Waals surface area contributed by atoms with Crippen LogP contribution in [0.3, 0.4) is 0 Å². The molecule has 0 saturated heterocycles. The van der Waals surface area contributed by atoms with E-state index in [1.54, 1.807) is 0 Å². The number of benzene rings is 1. The molecule has 1 aliphatic rings. The fraction of sp³-hybridized carbons (Fsp3) is 0.357. The first-order valence-electron chi connectivity index (χ1n) is 6.15. The number of rotatable bonds is 4. The van der Waals surface area contributed by atoms with Crippen molar-refractivity contribution in [1.29, 1.82) is 0 Å². The Hall–Kier alpha value is -1.77. The van der Waals surface area contributed by atoms with Gasteiger partial charge in [0.2, 0.25) is 5.88 Å². The van der Waals surface area contributed by atoms with E-state index >= 15 is 0 Å². The van der Waals surface area contributed by atoms with E-state index in [2.05, 4.69) is 28.5 Å². The van der Waals surface area contributed by atoms with E-state index in [4.69, 9.17) is 4.74 Å². The Morgan fingerprint density at radius 3 is 2.94 bits per heavy atom. The predicted molar refractivity (Wildman–Crippen MR) is 69.6 cm³/mol. The number of pyridine rings is 1. The van der Waals surface area contributed by atoms with Crippen LogP contribution in [0.15, 0.2) is 30.5 Å². The van der Waals surface area contributed by atoms with Crippen molar-refractivity contribution in [2.24, 2.45) is 0 Å². The van der Waals surface area contributed by atoms with Crippen molar-refractivity contribution in [2.45, 2.75) is 25.8 Å². The van der Waals surface area contributed by atoms with E-state index in [1.807, 2.05) is 19.2 Å². The average molecular weight is 228 g/mol. The molecule has 1 aromatic heterocycles. The Morgan fingerprint density at radius 1 is 1.29 bits per heavy atom. The minimum Gasteiger partial charge on any atom is -0.478 e. The molecule has 1 fully saturated rings. The SMILES string of the molecule is CCOc1nccc2c(NC3CC3)cccc12. The van der Waals surface area contributed by atoms with E-state index in [1.165, 1.54) is 23.9 Å². The first-order chi connectivity index (χ1) is 8.38. The second-order valence-corrected chi connectivity index (χ2v) is 4.37. The van der Waals surface area contributed by atoms with Gasteiger partial charge in [-0.1, -0.05) is 6.07 Å². The first-order valence-corrected chi connectivity index (χ1v) is 6.15. The van der Waals surface area contributed by atoms with Gasteiger partial charge in [0.25, 0.3) is 0 Å². The van der Waals surface area contributed by atoms with Gasteiger partial charge in [-0.05, 0) is 38.0 Å². The van der Waals surface area contributed by atoms with Crippen molar-refractivity contribution in [3.05, 3.63) is 30.5 Å². The summed E-state index contributed by atoms with van der Waals surface area (Å²) in [7, 11) is 0. The average Bonchev–Trinajstić information content (AvgIpc) is 3.15. The van der Waals surface area contributed by atoms with Gasteiger partial charge in [-0.25, -0.2) is 4.98 Å². The van der Waals surface area contributed by atoms with Crippen LogP contribution in [0.5, 0.6) is 5.88 Å². The first kappa shape index (κ1) is 10.4. The number of aromatic nitrogens is 1. The zero-order valence-electron chi connectivity index (χ0n) is 9.94. The Bertz CT molecular complexity index is 535. The molecule has 2 aromatic rings. The largest absolute Gasteiger partial charge is 0.478 e. The molecule has 1 heterocycles. The lowest BCUT2D eigenvalue weighted by atomic mass is 10.1. The number of hydrogen-bond acceptors (Lipinski definition) is 3. The molecule has 0 aliphatic heterocycles. The number of ether oxygens (including phenoxy) is 1. The Balaban J connectivity index is 2.07. The van der Waals surface area contributed by atoms with Crippen molar-refractivity contribution in [3.8, 4) is 5.88 Å². The summed E-state index contributed by atoms with van der Waals surface area (Å²) in [6.07, 6.45) is 4.37. The predicted octanol–water partition coefficient (Wildman–Crippen LogP) is 3.21. The van der Waals surface area contributed by atoms with Gasteiger partial charge in [-0.15, -0.1) is 0 Å². The molecular formula is C14H16N2O. The summed E-state index contributed by atoms with van der Waals surface area (Å²) in [6, 6.07) is 8.94. The molecule has 0 radical (unpaired) electrons. The smallest absolute Gasteiger partial charge is 0.221 e. The Morgan fingerprint density at radius 2 is 2.18 bits per heavy atom.